The van der Waals surface area contributed by atoms with E-state index in [0.717, 1.165) is 0 Å². The van der Waals surface area contributed by atoms with Crippen LogP contribution in [0.4, 0.5) is 0 Å². The normalized spacial score (nSPS) is 13.4. The van der Waals surface area contributed by atoms with Crippen molar-refractivity contribution in [3.05, 3.63) is 24.3 Å². The zero-order valence-electron chi connectivity index (χ0n) is 9.79. The number of hydrogen-bond donors (Lipinski definition) is 1. The highest BCUT2D eigenvalue weighted by Crippen LogP contribution is 2.24. The second-order valence-electron chi connectivity index (χ2n) is 3.54. The molecule has 0 fully saturated rings. The molecule has 0 saturated carbocycles. The Morgan fingerprint density at radius 3 is 2.53 bits per heavy atom. The lowest BCUT2D eigenvalue weighted by molar-refractivity contribution is 0.0783. The minimum absolute atomic E-state index is 0.0195. The standard InChI is InChI=1S/C11H16O5S/c1-15-7-9(12)8-17(13,14)11-6-4-3-5-10(11)16-2/h3-6,9,12H,7-8H2,1-2H3. The van der Waals surface area contributed by atoms with E-state index in [1.54, 1.807) is 18.2 Å². The first-order valence-corrected chi connectivity index (χ1v) is 6.69. The van der Waals surface area contributed by atoms with Crippen LogP contribution < -0.4 is 4.74 Å². The van der Waals surface area contributed by atoms with E-state index < -0.39 is 15.9 Å². The molecule has 0 aliphatic rings. The Morgan fingerprint density at radius 2 is 1.94 bits per heavy atom. The Labute approximate surface area is 101 Å². The van der Waals surface area contributed by atoms with E-state index in [2.05, 4.69) is 0 Å². The van der Waals surface area contributed by atoms with Gasteiger partial charge < -0.3 is 14.6 Å². The molecule has 17 heavy (non-hydrogen) atoms. The molecule has 96 valence electrons. The van der Waals surface area contributed by atoms with E-state index in [1.807, 2.05) is 0 Å². The van der Waals surface area contributed by atoms with Crippen LogP contribution in [0.25, 0.3) is 0 Å². The van der Waals surface area contributed by atoms with E-state index in [1.165, 1.54) is 20.3 Å². The van der Waals surface area contributed by atoms with Crippen molar-refractivity contribution in [3.8, 4) is 5.75 Å². The van der Waals surface area contributed by atoms with Crippen molar-refractivity contribution in [1.29, 1.82) is 0 Å². The fourth-order valence-electron chi connectivity index (χ4n) is 1.46. The summed E-state index contributed by atoms with van der Waals surface area (Å²) in [5.41, 5.74) is 0. The zero-order valence-corrected chi connectivity index (χ0v) is 10.6. The molecule has 0 amide bonds. The van der Waals surface area contributed by atoms with Crippen LogP contribution in [0.5, 0.6) is 5.75 Å². The minimum Gasteiger partial charge on any atom is -0.495 e. The molecule has 0 heterocycles. The number of ether oxygens (including phenoxy) is 2. The molecule has 6 heteroatoms. The van der Waals surface area contributed by atoms with Crippen molar-refractivity contribution in [2.75, 3.05) is 26.6 Å². The Morgan fingerprint density at radius 1 is 1.29 bits per heavy atom. The van der Waals surface area contributed by atoms with E-state index in [-0.39, 0.29) is 23.0 Å². The van der Waals surface area contributed by atoms with Gasteiger partial charge in [0, 0.05) is 7.11 Å². The molecule has 0 saturated heterocycles. The molecule has 1 aromatic carbocycles. The van der Waals surface area contributed by atoms with Crippen LogP contribution in [-0.2, 0) is 14.6 Å². The fraction of sp³-hybridized carbons (Fsp3) is 0.455. The largest absolute Gasteiger partial charge is 0.495 e. The summed E-state index contributed by atoms with van der Waals surface area (Å²) in [4.78, 5) is 0.0812. The van der Waals surface area contributed by atoms with E-state index in [9.17, 15) is 13.5 Å². The van der Waals surface area contributed by atoms with E-state index in [4.69, 9.17) is 9.47 Å². The van der Waals surface area contributed by atoms with Crippen molar-refractivity contribution in [2.24, 2.45) is 0 Å². The first-order valence-electron chi connectivity index (χ1n) is 5.04. The van der Waals surface area contributed by atoms with Crippen LogP contribution in [0.2, 0.25) is 0 Å². The Kier molecular flexibility index (Phi) is 4.92. The Bertz CT molecular complexity index is 455. The average Bonchev–Trinajstić information content (AvgIpc) is 2.28. The van der Waals surface area contributed by atoms with Gasteiger partial charge in [-0.05, 0) is 12.1 Å². The van der Waals surface area contributed by atoms with Crippen LogP contribution in [0, 0.1) is 0 Å². The summed E-state index contributed by atoms with van der Waals surface area (Å²) >= 11 is 0. The van der Waals surface area contributed by atoms with Gasteiger partial charge in [-0.3, -0.25) is 0 Å². The molecule has 1 aromatic rings. The molecule has 1 rings (SSSR count). The maximum absolute atomic E-state index is 12.0. The predicted molar refractivity (Wildman–Crippen MR) is 62.9 cm³/mol. The molecule has 1 N–H and O–H groups in total. The smallest absolute Gasteiger partial charge is 0.184 e. The summed E-state index contributed by atoms with van der Waals surface area (Å²) in [5.74, 6) is -0.113. The van der Waals surface area contributed by atoms with Gasteiger partial charge in [-0.2, -0.15) is 0 Å². The molecule has 0 radical (unpaired) electrons. The molecule has 0 bridgehead atoms. The lowest BCUT2D eigenvalue weighted by atomic mass is 10.3. The Balaban J connectivity index is 2.97. The number of methoxy groups -OCH3 is 2. The van der Waals surface area contributed by atoms with E-state index >= 15 is 0 Å². The average molecular weight is 260 g/mol. The molecular formula is C11H16O5S. The van der Waals surface area contributed by atoms with Crippen molar-refractivity contribution < 1.29 is 23.0 Å². The number of aliphatic hydroxyl groups excluding tert-OH is 1. The molecule has 0 aromatic heterocycles. The van der Waals surface area contributed by atoms with Gasteiger partial charge in [0.05, 0.1) is 25.6 Å². The topological polar surface area (TPSA) is 72.8 Å². The van der Waals surface area contributed by atoms with Gasteiger partial charge in [-0.25, -0.2) is 8.42 Å². The van der Waals surface area contributed by atoms with Gasteiger partial charge in [-0.15, -0.1) is 0 Å². The third kappa shape index (κ3) is 3.69. The quantitative estimate of drug-likeness (QED) is 0.805. The maximum Gasteiger partial charge on any atom is 0.184 e. The third-order valence-electron chi connectivity index (χ3n) is 2.17. The monoisotopic (exact) mass is 260 g/mol. The third-order valence-corrected chi connectivity index (χ3v) is 4.01. The van der Waals surface area contributed by atoms with Crippen molar-refractivity contribution in [2.45, 2.75) is 11.0 Å². The van der Waals surface area contributed by atoms with Crippen LogP contribution in [0.3, 0.4) is 0 Å². The van der Waals surface area contributed by atoms with Crippen LogP contribution in [0.1, 0.15) is 0 Å². The summed E-state index contributed by atoms with van der Waals surface area (Å²) in [7, 11) is -0.775. The molecule has 0 aliphatic carbocycles. The van der Waals surface area contributed by atoms with Crippen molar-refractivity contribution in [3.63, 3.8) is 0 Å². The predicted octanol–water partition coefficient (Wildman–Crippen LogP) is 0.476. The highest BCUT2D eigenvalue weighted by atomic mass is 32.2. The highest BCUT2D eigenvalue weighted by molar-refractivity contribution is 7.91. The van der Waals surface area contributed by atoms with Gasteiger partial charge in [0.2, 0.25) is 0 Å². The number of sulfone groups is 1. The van der Waals surface area contributed by atoms with Crippen LogP contribution in [-0.4, -0.2) is 46.2 Å². The van der Waals surface area contributed by atoms with Gasteiger partial charge in [0.1, 0.15) is 10.6 Å². The number of para-hydroxylation sites is 1. The van der Waals surface area contributed by atoms with Gasteiger partial charge in [-0.1, -0.05) is 12.1 Å². The number of hydrogen-bond acceptors (Lipinski definition) is 5. The second kappa shape index (κ2) is 6.00. The van der Waals surface area contributed by atoms with Gasteiger partial charge in [0.15, 0.2) is 9.84 Å². The first-order chi connectivity index (χ1) is 8.01. The van der Waals surface area contributed by atoms with Crippen molar-refractivity contribution in [1.82, 2.24) is 0 Å². The number of aliphatic hydroxyl groups is 1. The Hall–Kier alpha value is -1.11. The number of rotatable bonds is 6. The first kappa shape index (κ1) is 14.0. The molecule has 0 aliphatic heterocycles. The van der Waals surface area contributed by atoms with Crippen LogP contribution in [0.15, 0.2) is 29.2 Å². The number of benzene rings is 1. The van der Waals surface area contributed by atoms with Gasteiger partial charge in [0.25, 0.3) is 0 Å². The zero-order chi connectivity index (χ0) is 12.9. The van der Waals surface area contributed by atoms with Crippen LogP contribution >= 0.6 is 0 Å². The fourth-order valence-corrected chi connectivity index (χ4v) is 2.99. The van der Waals surface area contributed by atoms with Crippen molar-refractivity contribution >= 4 is 9.84 Å². The maximum atomic E-state index is 12.0. The summed E-state index contributed by atoms with van der Waals surface area (Å²) in [6, 6.07) is 6.31. The molecule has 1 atom stereocenters. The summed E-state index contributed by atoms with van der Waals surface area (Å²) in [6.45, 7) is -0.0195. The minimum atomic E-state index is -3.58. The lowest BCUT2D eigenvalue weighted by Crippen LogP contribution is -2.25. The van der Waals surface area contributed by atoms with Gasteiger partial charge >= 0.3 is 0 Å². The molecule has 1 unspecified atom stereocenters. The SMILES string of the molecule is COCC(O)CS(=O)(=O)c1ccccc1OC. The summed E-state index contributed by atoms with van der Waals surface area (Å²) < 4.78 is 33.7. The highest BCUT2D eigenvalue weighted by Gasteiger charge is 2.22. The second-order valence-corrected chi connectivity index (χ2v) is 5.54. The summed E-state index contributed by atoms with van der Waals surface area (Å²) in [5, 5.41) is 9.46. The lowest BCUT2D eigenvalue weighted by Gasteiger charge is -2.12. The molecular weight excluding hydrogens is 244 g/mol. The summed E-state index contributed by atoms with van der Waals surface area (Å²) in [6.07, 6.45) is -1.05. The molecule has 5 nitrogen and oxygen atoms in total. The van der Waals surface area contributed by atoms with E-state index in [0.29, 0.717) is 0 Å². The molecule has 0 spiro atoms.